The van der Waals surface area contributed by atoms with Crippen molar-refractivity contribution < 1.29 is 19.5 Å². The van der Waals surface area contributed by atoms with E-state index in [1.807, 2.05) is 13.8 Å². The van der Waals surface area contributed by atoms with E-state index in [2.05, 4.69) is 0 Å². The Morgan fingerprint density at radius 1 is 1.18 bits per heavy atom. The number of imide groups is 1. The molecule has 0 aromatic heterocycles. The molecule has 0 saturated carbocycles. The molecule has 1 aliphatic heterocycles. The summed E-state index contributed by atoms with van der Waals surface area (Å²) in [6, 6.07) is -1.07. The highest BCUT2D eigenvalue weighted by atomic mass is 16.4. The Balaban J connectivity index is 3.03. The van der Waals surface area contributed by atoms with E-state index in [-0.39, 0.29) is 12.3 Å². The molecular weight excluding hydrogens is 222 g/mol. The first-order valence-corrected chi connectivity index (χ1v) is 5.55. The van der Waals surface area contributed by atoms with Gasteiger partial charge in [-0.05, 0) is 26.2 Å². The number of carbonyl (C=O) groups excluding carboxylic acids is 2. The molecule has 0 aromatic rings. The Bertz CT molecular complexity index is 385. The molecule has 1 aliphatic rings. The molecule has 0 fully saturated rings. The van der Waals surface area contributed by atoms with Gasteiger partial charge in [0, 0.05) is 11.1 Å². The van der Waals surface area contributed by atoms with Crippen molar-refractivity contribution in [3.63, 3.8) is 0 Å². The van der Waals surface area contributed by atoms with E-state index in [0.29, 0.717) is 11.1 Å². The molecule has 0 radical (unpaired) electrons. The molecule has 5 nitrogen and oxygen atoms in total. The molecule has 1 rings (SSSR count). The van der Waals surface area contributed by atoms with Gasteiger partial charge < -0.3 is 5.11 Å². The van der Waals surface area contributed by atoms with Gasteiger partial charge in [0.25, 0.3) is 11.8 Å². The molecule has 0 aliphatic carbocycles. The van der Waals surface area contributed by atoms with Crippen LogP contribution in [0.5, 0.6) is 0 Å². The van der Waals surface area contributed by atoms with Gasteiger partial charge in [-0.15, -0.1) is 0 Å². The zero-order valence-corrected chi connectivity index (χ0v) is 10.5. The standard InChI is InChI=1S/C12H17NO4/c1-6(2)5-9(12(16)17)13-10(14)7(3)8(4)11(13)15/h6,9H,5H2,1-4H3,(H,16,17). The molecule has 1 N–H and O–H groups in total. The quantitative estimate of drug-likeness (QED) is 0.748. The summed E-state index contributed by atoms with van der Waals surface area (Å²) in [4.78, 5) is 35.7. The molecule has 5 heteroatoms. The Hall–Kier alpha value is -1.65. The molecule has 94 valence electrons. The maximum Gasteiger partial charge on any atom is 0.326 e. The van der Waals surface area contributed by atoms with Crippen molar-refractivity contribution in [2.45, 2.75) is 40.2 Å². The van der Waals surface area contributed by atoms with Gasteiger partial charge in [0.15, 0.2) is 0 Å². The third-order valence-electron chi connectivity index (χ3n) is 2.93. The summed E-state index contributed by atoms with van der Waals surface area (Å²) in [5, 5.41) is 9.13. The Kier molecular flexibility index (Phi) is 3.70. The number of rotatable bonds is 4. The first kappa shape index (κ1) is 13.4. The molecule has 1 unspecified atom stereocenters. The third-order valence-corrected chi connectivity index (χ3v) is 2.93. The maximum atomic E-state index is 11.8. The van der Waals surface area contributed by atoms with Gasteiger partial charge in [-0.2, -0.15) is 0 Å². The molecular formula is C12H17NO4. The monoisotopic (exact) mass is 239 g/mol. The lowest BCUT2D eigenvalue weighted by Crippen LogP contribution is -2.46. The number of carbonyl (C=O) groups is 3. The lowest BCUT2D eigenvalue weighted by molar-refractivity contribution is -0.154. The van der Waals surface area contributed by atoms with E-state index in [0.717, 1.165) is 4.90 Å². The number of nitrogens with zero attached hydrogens (tertiary/aromatic N) is 1. The summed E-state index contributed by atoms with van der Waals surface area (Å²) in [6.45, 7) is 6.80. The number of carboxylic acid groups (broad SMARTS) is 1. The van der Waals surface area contributed by atoms with Crippen LogP contribution in [0.1, 0.15) is 34.1 Å². The average molecular weight is 239 g/mol. The van der Waals surface area contributed by atoms with Crippen LogP contribution in [-0.2, 0) is 14.4 Å². The molecule has 0 bridgehead atoms. The zero-order valence-electron chi connectivity index (χ0n) is 10.5. The Morgan fingerprint density at radius 3 is 1.88 bits per heavy atom. The van der Waals surface area contributed by atoms with Crippen LogP contribution >= 0.6 is 0 Å². The zero-order chi connectivity index (χ0) is 13.3. The van der Waals surface area contributed by atoms with E-state index < -0.39 is 23.8 Å². The van der Waals surface area contributed by atoms with E-state index >= 15 is 0 Å². The predicted molar refractivity (Wildman–Crippen MR) is 61.1 cm³/mol. The second-order valence-corrected chi connectivity index (χ2v) is 4.71. The van der Waals surface area contributed by atoms with Crippen molar-refractivity contribution in [2.24, 2.45) is 5.92 Å². The van der Waals surface area contributed by atoms with Gasteiger partial charge >= 0.3 is 5.97 Å². The highest BCUT2D eigenvalue weighted by Gasteiger charge is 2.41. The fourth-order valence-corrected chi connectivity index (χ4v) is 1.82. The van der Waals surface area contributed by atoms with Crippen LogP contribution in [0.3, 0.4) is 0 Å². The molecule has 1 atom stereocenters. The number of aliphatic carboxylic acids is 1. The van der Waals surface area contributed by atoms with Gasteiger partial charge in [0.2, 0.25) is 0 Å². The number of carboxylic acids is 1. The highest BCUT2D eigenvalue weighted by Crippen LogP contribution is 2.24. The SMILES string of the molecule is CC1=C(C)C(=O)N(C(CC(C)C)C(=O)O)C1=O. The minimum absolute atomic E-state index is 0.0953. The largest absolute Gasteiger partial charge is 0.480 e. The molecule has 1 heterocycles. The summed E-state index contributed by atoms with van der Waals surface area (Å²) in [7, 11) is 0. The molecule has 0 aromatic carbocycles. The third kappa shape index (κ3) is 2.38. The van der Waals surface area contributed by atoms with Crippen LogP contribution in [-0.4, -0.2) is 33.8 Å². The normalized spacial score (nSPS) is 18.3. The summed E-state index contributed by atoms with van der Waals surface area (Å²) in [5.41, 5.74) is 0.676. The Morgan fingerprint density at radius 2 is 1.59 bits per heavy atom. The number of hydrogen-bond donors (Lipinski definition) is 1. The summed E-state index contributed by atoms with van der Waals surface area (Å²) in [6.07, 6.45) is 0.271. The van der Waals surface area contributed by atoms with Gasteiger partial charge in [-0.1, -0.05) is 13.8 Å². The first-order chi connectivity index (χ1) is 7.77. The van der Waals surface area contributed by atoms with Crippen molar-refractivity contribution in [1.82, 2.24) is 4.90 Å². The van der Waals surface area contributed by atoms with Crippen LogP contribution in [0.15, 0.2) is 11.1 Å². The topological polar surface area (TPSA) is 74.7 Å². The van der Waals surface area contributed by atoms with Crippen LogP contribution in [0.25, 0.3) is 0 Å². The van der Waals surface area contributed by atoms with Crippen molar-refractivity contribution in [3.05, 3.63) is 11.1 Å². The van der Waals surface area contributed by atoms with Crippen LogP contribution in [0.2, 0.25) is 0 Å². The van der Waals surface area contributed by atoms with Crippen molar-refractivity contribution in [3.8, 4) is 0 Å². The summed E-state index contributed by atoms with van der Waals surface area (Å²) >= 11 is 0. The average Bonchev–Trinajstić information content (AvgIpc) is 2.40. The second kappa shape index (κ2) is 4.69. The fraction of sp³-hybridized carbons (Fsp3) is 0.583. The fourth-order valence-electron chi connectivity index (χ4n) is 1.82. The van der Waals surface area contributed by atoms with Gasteiger partial charge in [-0.25, -0.2) is 4.79 Å². The van der Waals surface area contributed by atoms with E-state index in [9.17, 15) is 14.4 Å². The molecule has 2 amide bonds. The van der Waals surface area contributed by atoms with E-state index in [1.165, 1.54) is 0 Å². The van der Waals surface area contributed by atoms with E-state index in [4.69, 9.17) is 5.11 Å². The Labute approximate surface area is 100 Å². The number of amides is 2. The lowest BCUT2D eigenvalue weighted by atomic mass is 10.0. The smallest absolute Gasteiger partial charge is 0.326 e. The highest BCUT2D eigenvalue weighted by molar-refractivity contribution is 6.20. The van der Waals surface area contributed by atoms with Gasteiger partial charge in [0.05, 0.1) is 0 Å². The maximum absolute atomic E-state index is 11.8. The van der Waals surface area contributed by atoms with E-state index in [1.54, 1.807) is 13.8 Å². The molecule has 0 saturated heterocycles. The lowest BCUT2D eigenvalue weighted by Gasteiger charge is -2.24. The van der Waals surface area contributed by atoms with Crippen LogP contribution in [0, 0.1) is 5.92 Å². The van der Waals surface area contributed by atoms with Crippen molar-refractivity contribution in [1.29, 1.82) is 0 Å². The van der Waals surface area contributed by atoms with Crippen LogP contribution < -0.4 is 0 Å². The van der Waals surface area contributed by atoms with Crippen LogP contribution in [0.4, 0.5) is 0 Å². The molecule has 17 heavy (non-hydrogen) atoms. The van der Waals surface area contributed by atoms with Gasteiger partial charge in [0.1, 0.15) is 6.04 Å². The van der Waals surface area contributed by atoms with Crippen molar-refractivity contribution in [2.75, 3.05) is 0 Å². The molecule has 0 spiro atoms. The first-order valence-electron chi connectivity index (χ1n) is 5.55. The predicted octanol–water partition coefficient (Wildman–Crippen LogP) is 1.19. The summed E-state index contributed by atoms with van der Waals surface area (Å²) < 4.78 is 0. The number of hydrogen-bond acceptors (Lipinski definition) is 3. The second-order valence-electron chi connectivity index (χ2n) is 4.71. The minimum Gasteiger partial charge on any atom is -0.480 e. The van der Waals surface area contributed by atoms with Crippen molar-refractivity contribution >= 4 is 17.8 Å². The minimum atomic E-state index is -1.14. The summed E-state index contributed by atoms with van der Waals surface area (Å²) in [5.74, 6) is -2.01. The van der Waals surface area contributed by atoms with Gasteiger partial charge in [-0.3, -0.25) is 14.5 Å².